The first-order valence-electron chi connectivity index (χ1n) is 8.47. The van der Waals surface area contributed by atoms with Crippen LogP contribution in [0.25, 0.3) is 0 Å². The summed E-state index contributed by atoms with van der Waals surface area (Å²) in [5.41, 5.74) is 3.44. The van der Waals surface area contributed by atoms with Gasteiger partial charge in [-0.1, -0.05) is 18.2 Å². The Labute approximate surface area is 134 Å². The quantitative estimate of drug-likeness (QED) is 0.852. The number of aryl methyl sites for hydroxylation is 1. The molecular formula is C18H28BNO2. The van der Waals surface area contributed by atoms with Gasteiger partial charge in [-0.2, -0.15) is 0 Å². The van der Waals surface area contributed by atoms with Crippen molar-refractivity contribution in [1.82, 2.24) is 5.32 Å². The molecule has 1 aromatic carbocycles. The Morgan fingerprint density at radius 2 is 1.64 bits per heavy atom. The van der Waals surface area contributed by atoms with E-state index < -0.39 is 0 Å². The van der Waals surface area contributed by atoms with Gasteiger partial charge >= 0.3 is 7.12 Å². The van der Waals surface area contributed by atoms with Gasteiger partial charge in [0.05, 0.1) is 11.2 Å². The standard InChI is InChI=1S/C18H28BNO2/c1-13-6-7-15(12-16(13)14-8-10-20-11-9-14)19-21-17(2,3)18(4,5)22-19/h6-7,12,14,20H,8-11H2,1-5H3. The van der Waals surface area contributed by atoms with Crippen molar-refractivity contribution in [3.05, 3.63) is 29.3 Å². The van der Waals surface area contributed by atoms with Crippen LogP contribution in [0.15, 0.2) is 18.2 Å². The number of rotatable bonds is 2. The van der Waals surface area contributed by atoms with Crippen molar-refractivity contribution in [1.29, 1.82) is 0 Å². The average molecular weight is 301 g/mol. The number of hydrogen-bond acceptors (Lipinski definition) is 3. The molecular weight excluding hydrogens is 273 g/mol. The van der Waals surface area contributed by atoms with Crippen LogP contribution in [0.1, 0.15) is 57.6 Å². The second-order valence-electron chi connectivity index (χ2n) is 7.73. The second-order valence-corrected chi connectivity index (χ2v) is 7.73. The van der Waals surface area contributed by atoms with E-state index in [1.165, 1.54) is 24.0 Å². The van der Waals surface area contributed by atoms with Gasteiger partial charge in [0, 0.05) is 0 Å². The highest BCUT2D eigenvalue weighted by molar-refractivity contribution is 6.62. The highest BCUT2D eigenvalue weighted by Gasteiger charge is 2.51. The van der Waals surface area contributed by atoms with Crippen LogP contribution in [0, 0.1) is 6.92 Å². The SMILES string of the molecule is Cc1ccc(B2OC(C)(C)C(C)(C)O2)cc1C1CCNCC1. The van der Waals surface area contributed by atoms with E-state index in [1.807, 2.05) is 0 Å². The first kappa shape index (κ1) is 16.0. The van der Waals surface area contributed by atoms with E-state index in [4.69, 9.17) is 9.31 Å². The van der Waals surface area contributed by atoms with Crippen LogP contribution >= 0.6 is 0 Å². The number of piperidine rings is 1. The van der Waals surface area contributed by atoms with Gasteiger partial charge in [-0.25, -0.2) is 0 Å². The Hall–Kier alpha value is -0.835. The molecule has 0 atom stereocenters. The fraction of sp³-hybridized carbons (Fsp3) is 0.667. The molecule has 0 unspecified atom stereocenters. The molecule has 22 heavy (non-hydrogen) atoms. The molecule has 120 valence electrons. The monoisotopic (exact) mass is 301 g/mol. The molecule has 0 spiro atoms. The van der Waals surface area contributed by atoms with E-state index in [-0.39, 0.29) is 18.3 Å². The van der Waals surface area contributed by atoms with Crippen LogP contribution in [0.2, 0.25) is 0 Å². The summed E-state index contributed by atoms with van der Waals surface area (Å²) in [5.74, 6) is 0.656. The molecule has 2 fully saturated rings. The summed E-state index contributed by atoms with van der Waals surface area (Å²) in [7, 11) is -0.258. The molecule has 0 saturated carbocycles. The van der Waals surface area contributed by atoms with E-state index >= 15 is 0 Å². The Balaban J connectivity index is 1.87. The van der Waals surface area contributed by atoms with E-state index in [9.17, 15) is 0 Å². The fourth-order valence-electron chi connectivity index (χ4n) is 3.36. The van der Waals surface area contributed by atoms with Crippen LogP contribution in [-0.4, -0.2) is 31.4 Å². The third-order valence-corrected chi connectivity index (χ3v) is 5.61. The summed E-state index contributed by atoms with van der Waals surface area (Å²) in [4.78, 5) is 0. The minimum Gasteiger partial charge on any atom is -0.399 e. The topological polar surface area (TPSA) is 30.5 Å². The van der Waals surface area contributed by atoms with Gasteiger partial charge in [0.15, 0.2) is 0 Å². The molecule has 2 aliphatic heterocycles. The summed E-state index contributed by atoms with van der Waals surface area (Å²) in [6.45, 7) is 12.9. The zero-order valence-corrected chi connectivity index (χ0v) is 14.5. The van der Waals surface area contributed by atoms with Gasteiger partial charge < -0.3 is 14.6 Å². The maximum absolute atomic E-state index is 6.20. The van der Waals surface area contributed by atoms with Crippen LogP contribution in [0.4, 0.5) is 0 Å². The predicted molar refractivity (Wildman–Crippen MR) is 91.7 cm³/mol. The van der Waals surface area contributed by atoms with Gasteiger partial charge in [0.25, 0.3) is 0 Å². The van der Waals surface area contributed by atoms with Crippen molar-refractivity contribution in [2.45, 2.75) is 64.6 Å². The third kappa shape index (κ3) is 2.84. The number of benzene rings is 1. The minimum absolute atomic E-state index is 0.258. The van der Waals surface area contributed by atoms with Crippen LogP contribution in [0.3, 0.4) is 0 Å². The molecule has 1 N–H and O–H groups in total. The Morgan fingerprint density at radius 3 is 2.23 bits per heavy atom. The summed E-state index contributed by atoms with van der Waals surface area (Å²) < 4.78 is 12.4. The van der Waals surface area contributed by atoms with Crippen LogP contribution in [0.5, 0.6) is 0 Å². The van der Waals surface area contributed by atoms with Crippen LogP contribution < -0.4 is 10.8 Å². The molecule has 1 aromatic rings. The molecule has 4 heteroatoms. The summed E-state index contributed by atoms with van der Waals surface area (Å²) in [5, 5.41) is 3.45. The van der Waals surface area contributed by atoms with E-state index in [0.29, 0.717) is 5.92 Å². The highest BCUT2D eigenvalue weighted by atomic mass is 16.7. The van der Waals surface area contributed by atoms with Crippen molar-refractivity contribution in [3.63, 3.8) is 0 Å². The fourth-order valence-corrected chi connectivity index (χ4v) is 3.36. The maximum atomic E-state index is 6.20. The van der Waals surface area contributed by atoms with Crippen LogP contribution in [-0.2, 0) is 9.31 Å². The first-order chi connectivity index (χ1) is 10.3. The predicted octanol–water partition coefficient (Wildman–Crippen LogP) is 2.76. The van der Waals surface area contributed by atoms with Gasteiger partial charge in [0.1, 0.15) is 0 Å². The lowest BCUT2D eigenvalue weighted by Gasteiger charge is -2.32. The summed E-state index contributed by atoms with van der Waals surface area (Å²) >= 11 is 0. The van der Waals surface area contributed by atoms with Gasteiger partial charge in [-0.05, 0) is 83.1 Å². The third-order valence-electron chi connectivity index (χ3n) is 5.61. The van der Waals surface area contributed by atoms with Crippen molar-refractivity contribution < 1.29 is 9.31 Å². The van der Waals surface area contributed by atoms with Crippen molar-refractivity contribution in [2.24, 2.45) is 0 Å². The minimum atomic E-state index is -0.280. The normalized spacial score (nSPS) is 24.7. The van der Waals surface area contributed by atoms with Crippen molar-refractivity contribution in [2.75, 3.05) is 13.1 Å². The molecule has 2 heterocycles. The Morgan fingerprint density at radius 1 is 1.05 bits per heavy atom. The molecule has 0 amide bonds. The van der Waals surface area contributed by atoms with Gasteiger partial charge in [-0.3, -0.25) is 0 Å². The molecule has 2 aliphatic rings. The first-order valence-corrected chi connectivity index (χ1v) is 8.47. The zero-order chi connectivity index (χ0) is 16.0. The number of hydrogen-bond donors (Lipinski definition) is 1. The molecule has 0 aliphatic carbocycles. The molecule has 0 aromatic heterocycles. The molecule has 3 rings (SSSR count). The highest BCUT2D eigenvalue weighted by Crippen LogP contribution is 2.37. The largest absolute Gasteiger partial charge is 0.494 e. The maximum Gasteiger partial charge on any atom is 0.494 e. The van der Waals surface area contributed by atoms with E-state index in [2.05, 4.69) is 58.1 Å². The molecule has 0 bridgehead atoms. The second kappa shape index (κ2) is 5.66. The molecule has 2 saturated heterocycles. The van der Waals surface area contributed by atoms with Crippen molar-refractivity contribution >= 4 is 12.6 Å². The Kier molecular flexibility index (Phi) is 4.13. The van der Waals surface area contributed by atoms with E-state index in [1.54, 1.807) is 0 Å². The summed E-state index contributed by atoms with van der Waals surface area (Å²) in [6, 6.07) is 6.69. The smallest absolute Gasteiger partial charge is 0.399 e. The van der Waals surface area contributed by atoms with E-state index in [0.717, 1.165) is 18.6 Å². The lowest BCUT2D eigenvalue weighted by atomic mass is 9.75. The number of nitrogens with one attached hydrogen (secondary N) is 1. The van der Waals surface area contributed by atoms with Crippen molar-refractivity contribution in [3.8, 4) is 0 Å². The lowest BCUT2D eigenvalue weighted by molar-refractivity contribution is 0.00578. The van der Waals surface area contributed by atoms with Gasteiger partial charge in [-0.15, -0.1) is 0 Å². The lowest BCUT2D eigenvalue weighted by Crippen LogP contribution is -2.41. The summed E-state index contributed by atoms with van der Waals surface area (Å²) in [6.07, 6.45) is 2.43. The Bertz CT molecular complexity index is 534. The molecule has 3 nitrogen and oxygen atoms in total. The van der Waals surface area contributed by atoms with Gasteiger partial charge in [0.2, 0.25) is 0 Å². The molecule has 0 radical (unpaired) electrons. The average Bonchev–Trinajstić information content (AvgIpc) is 2.69. The zero-order valence-electron chi connectivity index (χ0n) is 14.5.